The van der Waals surface area contributed by atoms with Gasteiger partial charge in [-0.3, -0.25) is 14.4 Å². The first-order chi connectivity index (χ1) is 13.5. The van der Waals surface area contributed by atoms with Crippen LogP contribution < -0.4 is 0 Å². The summed E-state index contributed by atoms with van der Waals surface area (Å²) in [4.78, 5) is 36.1. The number of allylic oxidation sites excluding steroid dienone is 4. The summed E-state index contributed by atoms with van der Waals surface area (Å²) >= 11 is 0. The highest BCUT2D eigenvalue weighted by Crippen LogP contribution is 2.66. The number of aliphatic hydroxyl groups is 1. The zero-order chi connectivity index (χ0) is 21.2. The maximum atomic E-state index is 12.9. The van der Waals surface area contributed by atoms with E-state index in [1.54, 1.807) is 0 Å². The van der Waals surface area contributed by atoms with Gasteiger partial charge in [-0.2, -0.15) is 0 Å². The van der Waals surface area contributed by atoms with Crippen molar-refractivity contribution in [3.8, 4) is 0 Å². The largest absolute Gasteiger partial charge is 0.458 e. The van der Waals surface area contributed by atoms with Crippen LogP contribution in [0, 0.1) is 28.6 Å². The molecule has 4 rings (SSSR count). The van der Waals surface area contributed by atoms with Gasteiger partial charge in [0.05, 0.1) is 0 Å². The maximum absolute atomic E-state index is 12.9. The zero-order valence-corrected chi connectivity index (χ0v) is 17.9. The first kappa shape index (κ1) is 20.5. The van der Waals surface area contributed by atoms with Gasteiger partial charge in [0.15, 0.2) is 12.4 Å². The van der Waals surface area contributed by atoms with Gasteiger partial charge in [-0.05, 0) is 55.9 Å². The predicted octanol–water partition coefficient (Wildman–Crippen LogP) is 3.55. The molecular formula is C24H32O5. The molecule has 158 valence electrons. The second-order valence-electron chi connectivity index (χ2n) is 10.1. The number of fused-ring (bicyclic) bond motifs is 5. The van der Waals surface area contributed by atoms with Crippen LogP contribution in [-0.2, 0) is 19.1 Å². The molecule has 0 heterocycles. The van der Waals surface area contributed by atoms with Crippen LogP contribution >= 0.6 is 0 Å². The summed E-state index contributed by atoms with van der Waals surface area (Å²) < 4.78 is 4.92. The van der Waals surface area contributed by atoms with E-state index in [1.165, 1.54) is 18.1 Å². The Balaban J connectivity index is 1.70. The first-order valence-corrected chi connectivity index (χ1v) is 10.9. The van der Waals surface area contributed by atoms with Crippen molar-refractivity contribution in [3.63, 3.8) is 0 Å². The molecule has 0 saturated heterocycles. The highest BCUT2D eigenvalue weighted by molar-refractivity contribution is 5.92. The molecule has 6 atom stereocenters. The number of carbonyl (C=O) groups is 3. The fourth-order valence-corrected chi connectivity index (χ4v) is 7.03. The molecule has 29 heavy (non-hydrogen) atoms. The fourth-order valence-electron chi connectivity index (χ4n) is 7.03. The minimum atomic E-state index is -1.46. The predicted molar refractivity (Wildman–Crippen MR) is 108 cm³/mol. The van der Waals surface area contributed by atoms with Crippen molar-refractivity contribution in [2.24, 2.45) is 28.6 Å². The summed E-state index contributed by atoms with van der Waals surface area (Å²) in [5.41, 5.74) is 0.575. The van der Waals surface area contributed by atoms with Crippen LogP contribution in [0.4, 0.5) is 0 Å². The molecule has 5 nitrogen and oxygen atoms in total. The van der Waals surface area contributed by atoms with E-state index in [4.69, 9.17) is 4.74 Å². The van der Waals surface area contributed by atoms with Gasteiger partial charge in [0, 0.05) is 24.2 Å². The highest BCUT2D eigenvalue weighted by Gasteiger charge is 2.64. The van der Waals surface area contributed by atoms with E-state index in [1.807, 2.05) is 13.0 Å². The van der Waals surface area contributed by atoms with Gasteiger partial charge in [0.25, 0.3) is 0 Å². The lowest BCUT2D eigenvalue weighted by molar-refractivity contribution is -0.162. The first-order valence-electron chi connectivity index (χ1n) is 10.9. The van der Waals surface area contributed by atoms with Gasteiger partial charge < -0.3 is 9.84 Å². The third-order valence-corrected chi connectivity index (χ3v) is 8.68. The molecule has 4 aliphatic rings. The summed E-state index contributed by atoms with van der Waals surface area (Å²) in [5.74, 6) is 0.192. The third-order valence-electron chi connectivity index (χ3n) is 8.68. The van der Waals surface area contributed by atoms with Crippen molar-refractivity contribution in [1.29, 1.82) is 0 Å². The number of carbonyl (C=O) groups excluding carboxylic acids is 3. The zero-order valence-electron chi connectivity index (χ0n) is 17.9. The highest BCUT2D eigenvalue weighted by atomic mass is 16.5. The number of ketones is 2. The van der Waals surface area contributed by atoms with Crippen LogP contribution in [0.15, 0.2) is 23.3 Å². The number of esters is 1. The Morgan fingerprint density at radius 1 is 1.24 bits per heavy atom. The minimum Gasteiger partial charge on any atom is -0.458 e. The maximum Gasteiger partial charge on any atom is 0.303 e. The lowest BCUT2D eigenvalue weighted by Crippen LogP contribution is -2.56. The van der Waals surface area contributed by atoms with E-state index in [9.17, 15) is 19.5 Å². The molecule has 0 aliphatic heterocycles. The smallest absolute Gasteiger partial charge is 0.303 e. The van der Waals surface area contributed by atoms with Gasteiger partial charge in [0.2, 0.25) is 5.78 Å². The van der Waals surface area contributed by atoms with E-state index < -0.39 is 17.0 Å². The molecule has 0 spiro atoms. The Morgan fingerprint density at radius 3 is 2.66 bits per heavy atom. The van der Waals surface area contributed by atoms with Crippen molar-refractivity contribution in [3.05, 3.63) is 23.3 Å². The molecule has 5 heteroatoms. The van der Waals surface area contributed by atoms with Crippen LogP contribution in [0.1, 0.15) is 66.2 Å². The number of Topliss-reactive ketones (excluding diaryl/α,β-unsaturated/α-hetero) is 1. The van der Waals surface area contributed by atoms with Crippen molar-refractivity contribution in [2.75, 3.05) is 6.61 Å². The van der Waals surface area contributed by atoms with Gasteiger partial charge in [-0.25, -0.2) is 0 Å². The van der Waals surface area contributed by atoms with E-state index >= 15 is 0 Å². The second-order valence-corrected chi connectivity index (χ2v) is 10.1. The fraction of sp³-hybridized carbons (Fsp3) is 0.708. The summed E-state index contributed by atoms with van der Waals surface area (Å²) in [6.45, 7) is 7.43. The molecule has 1 N–H and O–H groups in total. The average molecular weight is 401 g/mol. The van der Waals surface area contributed by atoms with Crippen molar-refractivity contribution in [1.82, 2.24) is 0 Å². The molecule has 4 aliphatic carbocycles. The average Bonchev–Trinajstić information content (AvgIpc) is 2.94. The van der Waals surface area contributed by atoms with Crippen LogP contribution in [0.25, 0.3) is 0 Å². The molecule has 0 radical (unpaired) electrons. The molecule has 0 bridgehead atoms. The van der Waals surface area contributed by atoms with E-state index in [0.29, 0.717) is 31.1 Å². The number of hydrogen-bond acceptors (Lipinski definition) is 5. The summed E-state index contributed by atoms with van der Waals surface area (Å²) in [6.07, 6.45) is 8.37. The molecule has 0 amide bonds. The molecular weight excluding hydrogens is 368 g/mol. The molecule has 0 unspecified atom stereocenters. The van der Waals surface area contributed by atoms with Gasteiger partial charge in [-0.1, -0.05) is 38.0 Å². The van der Waals surface area contributed by atoms with Crippen LogP contribution in [-0.4, -0.2) is 34.9 Å². The quantitative estimate of drug-likeness (QED) is 0.579. The lowest BCUT2D eigenvalue weighted by atomic mass is 9.49. The summed E-state index contributed by atoms with van der Waals surface area (Å²) in [5, 5.41) is 11.5. The topological polar surface area (TPSA) is 80.7 Å². The summed E-state index contributed by atoms with van der Waals surface area (Å²) in [7, 11) is 0. The Bertz CT molecular complexity index is 838. The van der Waals surface area contributed by atoms with E-state index in [-0.39, 0.29) is 29.5 Å². The Kier molecular flexibility index (Phi) is 4.69. The Labute approximate surface area is 172 Å². The van der Waals surface area contributed by atoms with Gasteiger partial charge >= 0.3 is 5.97 Å². The Hall–Kier alpha value is -1.75. The van der Waals surface area contributed by atoms with Crippen molar-refractivity contribution < 1.29 is 24.2 Å². The molecule has 0 aromatic carbocycles. The third kappa shape index (κ3) is 2.80. The Morgan fingerprint density at radius 2 is 1.97 bits per heavy atom. The van der Waals surface area contributed by atoms with Crippen LogP contribution in [0.5, 0.6) is 0 Å². The van der Waals surface area contributed by atoms with Crippen molar-refractivity contribution in [2.45, 2.75) is 71.8 Å². The van der Waals surface area contributed by atoms with Crippen LogP contribution in [0.2, 0.25) is 0 Å². The van der Waals surface area contributed by atoms with E-state index in [2.05, 4.69) is 19.9 Å². The standard InChI is InChI=1S/C24H32O5/c1-14-11-17-18(22(3)8-5-16(26)12-20(14)22)6-9-23(4)19(17)7-10-24(23,28)21(27)13-29-15(2)25/h6,12,14,17,19,28H,5,7-11,13H2,1-4H3/t14-,17+,19+,22-,23-,24-/m1/s1. The van der Waals surface area contributed by atoms with Gasteiger partial charge in [-0.15, -0.1) is 0 Å². The normalized spacial score (nSPS) is 43.5. The number of ether oxygens (including phenoxy) is 1. The number of hydrogen-bond donors (Lipinski definition) is 1. The van der Waals surface area contributed by atoms with E-state index in [0.717, 1.165) is 19.3 Å². The van der Waals surface area contributed by atoms with Gasteiger partial charge in [0.1, 0.15) is 5.60 Å². The molecule has 2 fully saturated rings. The lowest BCUT2D eigenvalue weighted by Gasteiger charge is -2.56. The van der Waals surface area contributed by atoms with Crippen LogP contribution in [0.3, 0.4) is 0 Å². The SMILES string of the molecule is CC(=O)OCC(=O)[C@]1(O)CC[C@H]2[C@H]3C[C@@H](C)C4=CC(=O)CC[C@]4(C)C3=CC[C@]21C. The second kappa shape index (κ2) is 6.63. The monoisotopic (exact) mass is 400 g/mol. The van der Waals surface area contributed by atoms with Crippen molar-refractivity contribution >= 4 is 17.5 Å². The molecule has 0 aromatic heterocycles. The minimum absolute atomic E-state index is 0.0833. The molecule has 0 aromatic rings. The number of rotatable bonds is 3. The summed E-state index contributed by atoms with van der Waals surface area (Å²) in [6, 6.07) is 0. The molecule has 2 saturated carbocycles.